The van der Waals surface area contributed by atoms with Crippen molar-refractivity contribution in [2.75, 3.05) is 30.0 Å². The molecular formula is C28H27F2N3O4. The molecule has 192 valence electrons. The molecule has 2 aliphatic heterocycles. The summed E-state index contributed by atoms with van der Waals surface area (Å²) < 4.78 is 32.9. The third-order valence-electron chi connectivity index (χ3n) is 7.06. The van der Waals surface area contributed by atoms with Crippen LogP contribution >= 0.6 is 0 Å². The molecule has 0 bridgehead atoms. The molecule has 37 heavy (non-hydrogen) atoms. The number of carboxylic acids is 1. The Bertz CT molecular complexity index is 1370. The average Bonchev–Trinajstić information content (AvgIpc) is 2.88. The highest BCUT2D eigenvalue weighted by atomic mass is 19.3. The molecule has 2 aliphatic rings. The van der Waals surface area contributed by atoms with Crippen molar-refractivity contribution in [3.63, 3.8) is 0 Å². The van der Waals surface area contributed by atoms with Gasteiger partial charge >= 0.3 is 5.97 Å². The first-order valence-electron chi connectivity index (χ1n) is 12.1. The zero-order valence-electron chi connectivity index (χ0n) is 20.5. The lowest BCUT2D eigenvalue weighted by Gasteiger charge is -2.45. The van der Waals surface area contributed by atoms with Crippen LogP contribution in [-0.4, -0.2) is 47.8 Å². The third kappa shape index (κ3) is 4.91. The molecule has 9 heteroatoms. The number of carbonyl (C=O) groups excluding carboxylic acids is 1. The number of benzene rings is 2. The number of aromatic nitrogens is 1. The van der Waals surface area contributed by atoms with Crippen LogP contribution in [-0.2, 0) is 21.9 Å². The minimum absolute atomic E-state index is 0.0915. The van der Waals surface area contributed by atoms with Crippen LogP contribution in [0, 0.1) is 12.8 Å². The molecular weight excluding hydrogens is 480 g/mol. The number of hydrogen-bond donors (Lipinski definition) is 2. The molecule has 1 aromatic heterocycles. The number of ether oxygens (including phenoxy) is 1. The second kappa shape index (κ2) is 9.55. The van der Waals surface area contributed by atoms with Crippen LogP contribution in [0.4, 0.5) is 20.2 Å². The molecule has 0 unspecified atom stereocenters. The zero-order valence-corrected chi connectivity index (χ0v) is 20.5. The van der Waals surface area contributed by atoms with Gasteiger partial charge in [-0.15, -0.1) is 0 Å². The van der Waals surface area contributed by atoms with Crippen molar-refractivity contribution in [3.8, 4) is 11.1 Å². The van der Waals surface area contributed by atoms with Gasteiger partial charge < -0.3 is 20.1 Å². The summed E-state index contributed by atoms with van der Waals surface area (Å²) in [4.78, 5) is 30.5. The number of halogens is 2. The molecule has 0 spiro atoms. The Morgan fingerprint density at radius 2 is 1.97 bits per heavy atom. The number of carbonyl (C=O) groups is 2. The number of hydrogen-bond acceptors (Lipinski definition) is 5. The molecule has 0 radical (unpaired) electrons. The minimum Gasteiger partial charge on any atom is -0.481 e. The lowest BCUT2D eigenvalue weighted by Crippen LogP contribution is -2.54. The van der Waals surface area contributed by atoms with E-state index in [1.54, 1.807) is 6.07 Å². The second-order valence-corrected chi connectivity index (χ2v) is 9.63. The fraction of sp³-hybridized carbons (Fsp3) is 0.321. The maximum atomic E-state index is 13.7. The van der Waals surface area contributed by atoms with Gasteiger partial charge in [-0.3, -0.25) is 14.6 Å². The number of aliphatic carboxylic acids is 1. The molecule has 3 aromatic rings. The normalized spacial score (nSPS) is 19.1. The van der Waals surface area contributed by atoms with Gasteiger partial charge in [0.25, 0.3) is 11.8 Å². The van der Waals surface area contributed by atoms with Gasteiger partial charge in [0.1, 0.15) is 5.69 Å². The van der Waals surface area contributed by atoms with E-state index >= 15 is 0 Å². The Morgan fingerprint density at radius 1 is 1.16 bits per heavy atom. The summed E-state index contributed by atoms with van der Waals surface area (Å²) in [7, 11) is 0. The number of aryl methyl sites for hydroxylation is 1. The van der Waals surface area contributed by atoms with Crippen LogP contribution < -0.4 is 10.2 Å². The maximum absolute atomic E-state index is 13.7. The van der Waals surface area contributed by atoms with Gasteiger partial charge in [0.15, 0.2) is 0 Å². The summed E-state index contributed by atoms with van der Waals surface area (Å²) in [6.45, 7) is 4.24. The molecule has 0 aliphatic carbocycles. The van der Waals surface area contributed by atoms with Gasteiger partial charge in [-0.05, 0) is 65.9 Å². The SMILES string of the molecule is Cc1ccc(NC(=O)c2ccnc(C(C)(F)F)c2)cc1-c1ccc2c(c1)N1CCOC[C@@H]1[C@@H](C(=O)O)C2. The monoisotopic (exact) mass is 507 g/mol. The Kier molecular flexibility index (Phi) is 6.41. The van der Waals surface area contributed by atoms with Crippen LogP contribution in [0.25, 0.3) is 11.1 Å². The second-order valence-electron chi connectivity index (χ2n) is 9.63. The average molecular weight is 508 g/mol. The van der Waals surface area contributed by atoms with Gasteiger partial charge in [0.2, 0.25) is 0 Å². The van der Waals surface area contributed by atoms with E-state index in [1.807, 2.05) is 31.2 Å². The molecule has 2 atom stereocenters. The predicted octanol–water partition coefficient (Wildman–Crippen LogP) is 4.88. The third-order valence-corrected chi connectivity index (χ3v) is 7.06. The largest absolute Gasteiger partial charge is 0.481 e. The molecule has 7 nitrogen and oxygen atoms in total. The lowest BCUT2D eigenvalue weighted by molar-refractivity contribution is -0.143. The van der Waals surface area contributed by atoms with Crippen molar-refractivity contribution < 1.29 is 28.2 Å². The number of nitrogens with zero attached hydrogens (tertiary/aromatic N) is 2. The fourth-order valence-electron chi connectivity index (χ4n) is 5.08. The van der Waals surface area contributed by atoms with Gasteiger partial charge in [-0.1, -0.05) is 18.2 Å². The van der Waals surface area contributed by atoms with Gasteiger partial charge in [-0.2, -0.15) is 8.78 Å². The predicted molar refractivity (Wildman–Crippen MR) is 135 cm³/mol. The minimum atomic E-state index is -3.15. The van der Waals surface area contributed by atoms with E-state index in [9.17, 15) is 23.5 Å². The van der Waals surface area contributed by atoms with Gasteiger partial charge in [0, 0.05) is 36.6 Å². The highest BCUT2D eigenvalue weighted by Gasteiger charge is 2.40. The number of anilines is 2. The number of amides is 1. The quantitative estimate of drug-likeness (QED) is 0.511. The maximum Gasteiger partial charge on any atom is 0.309 e. The molecule has 1 amide bonds. The molecule has 5 rings (SSSR count). The lowest BCUT2D eigenvalue weighted by atomic mass is 9.84. The number of pyridine rings is 1. The molecule has 0 saturated carbocycles. The summed E-state index contributed by atoms with van der Waals surface area (Å²) in [5.41, 5.74) is 4.97. The Labute approximate surface area is 213 Å². The highest BCUT2D eigenvalue weighted by Crippen LogP contribution is 2.39. The summed E-state index contributed by atoms with van der Waals surface area (Å²) in [6.07, 6.45) is 1.64. The van der Waals surface area contributed by atoms with Crippen molar-refractivity contribution in [1.29, 1.82) is 0 Å². The number of morpholine rings is 1. The Hall–Kier alpha value is -3.85. The van der Waals surface area contributed by atoms with Crippen LogP contribution in [0.2, 0.25) is 0 Å². The van der Waals surface area contributed by atoms with Crippen LogP contribution in [0.15, 0.2) is 54.7 Å². The molecule has 3 heterocycles. The van der Waals surface area contributed by atoms with Crippen molar-refractivity contribution in [1.82, 2.24) is 4.98 Å². The fourth-order valence-corrected chi connectivity index (χ4v) is 5.08. The Morgan fingerprint density at radius 3 is 2.73 bits per heavy atom. The van der Waals surface area contributed by atoms with Crippen LogP contribution in [0.1, 0.15) is 34.1 Å². The van der Waals surface area contributed by atoms with Gasteiger partial charge in [-0.25, -0.2) is 0 Å². The van der Waals surface area contributed by atoms with E-state index < -0.39 is 29.4 Å². The molecule has 1 fully saturated rings. The van der Waals surface area contributed by atoms with Crippen LogP contribution in [0.5, 0.6) is 0 Å². The van der Waals surface area contributed by atoms with Crippen molar-refractivity contribution >= 4 is 23.3 Å². The van der Waals surface area contributed by atoms with E-state index in [0.29, 0.717) is 31.9 Å². The topological polar surface area (TPSA) is 91.8 Å². The number of rotatable bonds is 5. The number of nitrogens with one attached hydrogen (secondary N) is 1. The van der Waals surface area contributed by atoms with Gasteiger partial charge in [0.05, 0.1) is 25.2 Å². The van der Waals surface area contributed by atoms with E-state index in [0.717, 1.165) is 40.9 Å². The highest BCUT2D eigenvalue weighted by molar-refractivity contribution is 6.04. The number of carboxylic acid groups (broad SMARTS) is 1. The van der Waals surface area contributed by atoms with E-state index in [1.165, 1.54) is 12.3 Å². The number of fused-ring (bicyclic) bond motifs is 3. The zero-order chi connectivity index (χ0) is 26.3. The van der Waals surface area contributed by atoms with Crippen molar-refractivity contribution in [2.45, 2.75) is 32.2 Å². The van der Waals surface area contributed by atoms with Crippen molar-refractivity contribution in [3.05, 3.63) is 77.1 Å². The summed E-state index contributed by atoms with van der Waals surface area (Å²) >= 11 is 0. The summed E-state index contributed by atoms with van der Waals surface area (Å²) in [5, 5.41) is 12.6. The molecule has 2 aromatic carbocycles. The summed E-state index contributed by atoms with van der Waals surface area (Å²) in [5.74, 6) is -5.01. The van der Waals surface area contributed by atoms with E-state index in [-0.39, 0.29) is 11.6 Å². The van der Waals surface area contributed by atoms with E-state index in [4.69, 9.17) is 4.74 Å². The van der Waals surface area contributed by atoms with Crippen molar-refractivity contribution in [2.24, 2.45) is 5.92 Å². The Balaban J connectivity index is 1.44. The first-order chi connectivity index (χ1) is 17.6. The van der Waals surface area contributed by atoms with Crippen LogP contribution in [0.3, 0.4) is 0 Å². The standard InChI is InChI=1S/C28H27F2N3O4/c1-16-3-6-20(32-26(34)19-7-8-31-25(13-19)28(2,29)30)14-21(16)17-4-5-18-11-22(27(35)36)24-15-37-10-9-33(24)23(18)12-17/h3-8,12-14,22,24H,9-11,15H2,1-2H3,(H,32,34)(H,35,36)/t22-,24+/m0/s1. The van der Waals surface area contributed by atoms with E-state index in [2.05, 4.69) is 21.3 Å². The summed E-state index contributed by atoms with van der Waals surface area (Å²) in [6, 6.07) is 13.8. The first kappa shape index (κ1) is 24.8. The number of alkyl halides is 2. The smallest absolute Gasteiger partial charge is 0.309 e. The first-order valence-corrected chi connectivity index (χ1v) is 12.1. The molecule has 1 saturated heterocycles. The molecule has 2 N–H and O–H groups in total.